The number of aryl methyl sites for hydroxylation is 1. The van der Waals surface area contributed by atoms with Gasteiger partial charge in [0.1, 0.15) is 0 Å². The topological polar surface area (TPSA) is 66.5 Å². The molecule has 0 unspecified atom stereocenters. The van der Waals surface area contributed by atoms with Crippen molar-refractivity contribution in [3.05, 3.63) is 23.8 Å². The first kappa shape index (κ1) is 18.8. The highest BCUT2D eigenvalue weighted by atomic mass is 32.2. The highest BCUT2D eigenvalue weighted by molar-refractivity contribution is 7.92. The van der Waals surface area contributed by atoms with Crippen LogP contribution in [0.25, 0.3) is 0 Å². The number of fused-ring (bicyclic) bond motifs is 1. The van der Waals surface area contributed by atoms with E-state index in [0.717, 1.165) is 24.1 Å². The molecule has 1 aliphatic rings. The lowest BCUT2D eigenvalue weighted by Gasteiger charge is -2.30. The van der Waals surface area contributed by atoms with E-state index in [4.69, 9.17) is 0 Å². The highest BCUT2D eigenvalue weighted by Crippen LogP contribution is 2.31. The SMILES string of the molecule is CCCCS(=O)(=O)Nc1ccc2c(c1)CCC(=O)N2CCC(C)C. The van der Waals surface area contributed by atoms with Crippen molar-refractivity contribution in [2.24, 2.45) is 5.92 Å². The molecule has 1 amide bonds. The van der Waals surface area contributed by atoms with Crippen molar-refractivity contribution in [3.8, 4) is 0 Å². The number of sulfonamides is 1. The van der Waals surface area contributed by atoms with Crippen molar-refractivity contribution < 1.29 is 13.2 Å². The summed E-state index contributed by atoms with van der Waals surface area (Å²) in [6, 6.07) is 5.49. The number of nitrogens with zero attached hydrogens (tertiary/aromatic N) is 1. The maximum absolute atomic E-state index is 12.2. The van der Waals surface area contributed by atoms with Gasteiger partial charge in [-0.05, 0) is 48.9 Å². The lowest BCUT2D eigenvalue weighted by Crippen LogP contribution is -2.36. The maximum atomic E-state index is 12.2. The first-order chi connectivity index (χ1) is 11.3. The van der Waals surface area contributed by atoms with E-state index in [-0.39, 0.29) is 11.7 Å². The summed E-state index contributed by atoms with van der Waals surface area (Å²) in [6.07, 6.45) is 3.60. The van der Waals surface area contributed by atoms with Gasteiger partial charge in [-0.25, -0.2) is 8.42 Å². The van der Waals surface area contributed by atoms with Gasteiger partial charge in [0, 0.05) is 24.3 Å². The average molecular weight is 353 g/mol. The van der Waals surface area contributed by atoms with Crippen LogP contribution in [0.15, 0.2) is 18.2 Å². The predicted molar refractivity (Wildman–Crippen MR) is 98.9 cm³/mol. The summed E-state index contributed by atoms with van der Waals surface area (Å²) in [5, 5.41) is 0. The van der Waals surface area contributed by atoms with Gasteiger partial charge in [0.05, 0.1) is 5.75 Å². The number of amides is 1. The Morgan fingerprint density at radius 2 is 2.00 bits per heavy atom. The molecule has 0 fully saturated rings. The number of carbonyl (C=O) groups is 1. The summed E-state index contributed by atoms with van der Waals surface area (Å²) in [7, 11) is -3.30. The Bertz CT molecular complexity index is 684. The van der Waals surface area contributed by atoms with E-state index < -0.39 is 10.0 Å². The van der Waals surface area contributed by atoms with Crippen LogP contribution in [0.4, 0.5) is 11.4 Å². The van der Waals surface area contributed by atoms with Crippen molar-refractivity contribution in [1.29, 1.82) is 0 Å². The molecule has 1 N–H and O–H groups in total. The number of carbonyl (C=O) groups excluding carboxylic acids is 1. The van der Waals surface area contributed by atoms with Gasteiger partial charge in [0.15, 0.2) is 0 Å². The van der Waals surface area contributed by atoms with E-state index in [1.54, 1.807) is 6.07 Å². The predicted octanol–water partition coefficient (Wildman–Crippen LogP) is 3.55. The minimum atomic E-state index is -3.30. The lowest BCUT2D eigenvalue weighted by atomic mass is 9.99. The molecule has 24 heavy (non-hydrogen) atoms. The Morgan fingerprint density at radius 1 is 1.25 bits per heavy atom. The van der Waals surface area contributed by atoms with Crippen molar-refractivity contribution in [2.75, 3.05) is 21.9 Å². The molecule has 0 radical (unpaired) electrons. The summed E-state index contributed by atoms with van der Waals surface area (Å²) >= 11 is 0. The lowest BCUT2D eigenvalue weighted by molar-refractivity contribution is -0.118. The molecule has 0 bridgehead atoms. The Hall–Kier alpha value is -1.56. The molecule has 0 saturated heterocycles. The molecule has 1 aromatic rings. The minimum absolute atomic E-state index is 0.138. The third-order valence-electron chi connectivity index (χ3n) is 4.25. The zero-order chi connectivity index (χ0) is 17.7. The molecule has 1 aromatic carbocycles. The summed E-state index contributed by atoms with van der Waals surface area (Å²) in [5.74, 6) is 0.826. The number of unbranched alkanes of at least 4 members (excludes halogenated alkanes) is 1. The molecule has 0 saturated carbocycles. The molecular formula is C18H28N2O3S. The number of nitrogens with one attached hydrogen (secondary N) is 1. The fourth-order valence-corrected chi connectivity index (χ4v) is 4.08. The van der Waals surface area contributed by atoms with Crippen molar-refractivity contribution in [1.82, 2.24) is 0 Å². The van der Waals surface area contributed by atoms with Gasteiger partial charge in [-0.2, -0.15) is 0 Å². The smallest absolute Gasteiger partial charge is 0.232 e. The molecule has 1 heterocycles. The van der Waals surface area contributed by atoms with Crippen LogP contribution in [-0.4, -0.2) is 26.6 Å². The molecular weight excluding hydrogens is 324 g/mol. The van der Waals surface area contributed by atoms with E-state index in [0.29, 0.717) is 37.4 Å². The van der Waals surface area contributed by atoms with Crippen LogP contribution < -0.4 is 9.62 Å². The maximum Gasteiger partial charge on any atom is 0.232 e. The summed E-state index contributed by atoms with van der Waals surface area (Å²) in [6.45, 7) is 6.97. The Morgan fingerprint density at radius 3 is 2.67 bits per heavy atom. The number of anilines is 2. The molecule has 0 spiro atoms. The molecule has 5 nitrogen and oxygen atoms in total. The van der Waals surface area contributed by atoms with Gasteiger partial charge in [-0.1, -0.05) is 27.2 Å². The van der Waals surface area contributed by atoms with E-state index in [9.17, 15) is 13.2 Å². The highest BCUT2D eigenvalue weighted by Gasteiger charge is 2.24. The van der Waals surface area contributed by atoms with Gasteiger partial charge in [0.2, 0.25) is 15.9 Å². The first-order valence-electron chi connectivity index (χ1n) is 8.76. The fourth-order valence-electron chi connectivity index (χ4n) is 2.82. The molecule has 134 valence electrons. The molecule has 2 rings (SSSR count). The fraction of sp³-hybridized carbons (Fsp3) is 0.611. The average Bonchev–Trinajstić information content (AvgIpc) is 2.51. The zero-order valence-electron chi connectivity index (χ0n) is 14.8. The van der Waals surface area contributed by atoms with Crippen molar-refractivity contribution in [3.63, 3.8) is 0 Å². The van der Waals surface area contributed by atoms with Crippen molar-refractivity contribution in [2.45, 2.75) is 52.9 Å². The summed E-state index contributed by atoms with van der Waals surface area (Å²) in [5.41, 5.74) is 2.54. The van der Waals surface area contributed by atoms with E-state index in [1.807, 2.05) is 24.0 Å². The summed E-state index contributed by atoms with van der Waals surface area (Å²) < 4.78 is 26.7. The second kappa shape index (κ2) is 8.01. The molecule has 0 aliphatic carbocycles. The molecule has 0 aromatic heterocycles. The van der Waals surface area contributed by atoms with Crippen LogP contribution in [-0.2, 0) is 21.2 Å². The zero-order valence-corrected chi connectivity index (χ0v) is 15.7. The first-order valence-corrected chi connectivity index (χ1v) is 10.4. The largest absolute Gasteiger partial charge is 0.312 e. The van der Waals surface area contributed by atoms with E-state index >= 15 is 0 Å². The van der Waals surface area contributed by atoms with Crippen molar-refractivity contribution >= 4 is 27.3 Å². The van der Waals surface area contributed by atoms with Crippen LogP contribution in [0.1, 0.15) is 52.0 Å². The number of hydrogen-bond donors (Lipinski definition) is 1. The monoisotopic (exact) mass is 352 g/mol. The van der Waals surface area contributed by atoms with Crippen LogP contribution in [0.5, 0.6) is 0 Å². The Labute approximate surface area is 145 Å². The Balaban J connectivity index is 2.17. The molecule has 0 atom stereocenters. The minimum Gasteiger partial charge on any atom is -0.312 e. The van der Waals surface area contributed by atoms with Gasteiger partial charge >= 0.3 is 0 Å². The quantitative estimate of drug-likeness (QED) is 0.778. The molecule has 1 aliphatic heterocycles. The second-order valence-electron chi connectivity index (χ2n) is 6.85. The third-order valence-corrected chi connectivity index (χ3v) is 5.62. The van der Waals surface area contributed by atoms with Crippen LogP contribution in [0.3, 0.4) is 0 Å². The van der Waals surface area contributed by atoms with E-state index in [1.165, 1.54) is 0 Å². The normalized spacial score (nSPS) is 14.8. The van der Waals surface area contributed by atoms with Gasteiger partial charge in [-0.15, -0.1) is 0 Å². The van der Waals surface area contributed by atoms with Crippen LogP contribution >= 0.6 is 0 Å². The summed E-state index contributed by atoms with van der Waals surface area (Å²) in [4.78, 5) is 14.1. The Kier molecular flexibility index (Phi) is 6.27. The van der Waals surface area contributed by atoms with Gasteiger partial charge < -0.3 is 4.90 Å². The third kappa shape index (κ3) is 4.97. The van der Waals surface area contributed by atoms with Gasteiger partial charge in [0.25, 0.3) is 0 Å². The standard InChI is InChI=1S/C18H28N2O3S/c1-4-5-12-24(22,23)19-16-7-8-17-15(13-16)6-9-18(21)20(17)11-10-14(2)3/h7-8,13-14,19H,4-6,9-12H2,1-3H3. The molecule has 6 heteroatoms. The number of hydrogen-bond acceptors (Lipinski definition) is 3. The van der Waals surface area contributed by atoms with Gasteiger partial charge in [-0.3, -0.25) is 9.52 Å². The van der Waals surface area contributed by atoms with Crippen LogP contribution in [0, 0.1) is 5.92 Å². The number of benzene rings is 1. The van der Waals surface area contributed by atoms with Crippen LogP contribution in [0.2, 0.25) is 0 Å². The second-order valence-corrected chi connectivity index (χ2v) is 8.69. The number of rotatable bonds is 8. The van der Waals surface area contributed by atoms with E-state index in [2.05, 4.69) is 18.6 Å².